The molecule has 34 heavy (non-hydrogen) atoms. The first-order chi connectivity index (χ1) is 16.1. The number of imidazole rings is 1. The summed E-state index contributed by atoms with van der Waals surface area (Å²) in [6.07, 6.45) is 1.75. The third-order valence-corrected chi connectivity index (χ3v) is 11.2. The molecule has 1 unspecified atom stereocenters. The van der Waals surface area contributed by atoms with Crippen molar-refractivity contribution in [3.8, 4) is 0 Å². The predicted molar refractivity (Wildman–Crippen MR) is 143 cm³/mol. The molecule has 3 rings (SSSR count). The fourth-order valence-electron chi connectivity index (χ4n) is 3.41. The molecule has 0 spiro atoms. The lowest BCUT2D eigenvalue weighted by atomic mass is 10.3. The van der Waals surface area contributed by atoms with E-state index in [-0.39, 0.29) is 31.8 Å². The summed E-state index contributed by atoms with van der Waals surface area (Å²) in [5, 5.41) is 3.71. The fraction of sp³-hybridized carbons (Fsp3) is 0.476. The van der Waals surface area contributed by atoms with E-state index in [0.29, 0.717) is 20.5 Å². The quantitative estimate of drug-likeness (QED) is 0.149. The number of aromatic nitrogens is 4. The lowest BCUT2D eigenvalue weighted by Gasteiger charge is -2.23. The van der Waals surface area contributed by atoms with Gasteiger partial charge in [-0.3, -0.25) is 9.13 Å². The summed E-state index contributed by atoms with van der Waals surface area (Å²) in [7, 11) is -7.07. The highest BCUT2D eigenvalue weighted by atomic mass is 127. The molecule has 1 aromatic carbocycles. The molecule has 0 saturated heterocycles. The summed E-state index contributed by atoms with van der Waals surface area (Å²) in [5.41, 5.74) is 2.13. The van der Waals surface area contributed by atoms with E-state index < -0.39 is 15.0 Å². The largest absolute Gasteiger partial charge is 0.340 e. The zero-order valence-corrected chi connectivity index (χ0v) is 23.8. The van der Waals surface area contributed by atoms with Gasteiger partial charge in [0.1, 0.15) is 5.90 Å². The fourth-order valence-corrected chi connectivity index (χ4v) is 9.37. The number of halogens is 1. The minimum absolute atomic E-state index is 0.186. The molecule has 0 aliphatic carbocycles. The molecule has 2 heterocycles. The van der Waals surface area contributed by atoms with Crippen molar-refractivity contribution in [3.05, 3.63) is 34.4 Å². The van der Waals surface area contributed by atoms with E-state index in [1.807, 2.05) is 4.57 Å². The summed E-state index contributed by atoms with van der Waals surface area (Å²) in [4.78, 5) is 13.5. The van der Waals surface area contributed by atoms with Crippen LogP contribution in [0.3, 0.4) is 0 Å². The lowest BCUT2D eigenvalue weighted by Crippen LogP contribution is -2.13. The second kappa shape index (κ2) is 11.6. The van der Waals surface area contributed by atoms with Crippen molar-refractivity contribution in [2.75, 3.05) is 31.0 Å². The highest BCUT2D eigenvalue weighted by Crippen LogP contribution is 2.62. The monoisotopic (exact) mass is 621 g/mol. The normalized spacial score (nSPS) is 14.0. The Morgan fingerprint density at radius 3 is 2.18 bits per heavy atom. The molecule has 186 valence electrons. The first kappa shape index (κ1) is 27.2. The van der Waals surface area contributed by atoms with Crippen LogP contribution in [-0.2, 0) is 22.7 Å². The Morgan fingerprint density at radius 2 is 1.62 bits per heavy atom. The van der Waals surface area contributed by atoms with E-state index in [1.165, 1.54) is 0 Å². The topological polar surface area (TPSA) is 117 Å². The van der Waals surface area contributed by atoms with Crippen molar-refractivity contribution in [2.24, 2.45) is 0 Å². The predicted octanol–water partition coefficient (Wildman–Crippen LogP) is 5.92. The molecular weight excluding hydrogens is 591 g/mol. The Hall–Kier alpha value is -1.36. The van der Waals surface area contributed by atoms with E-state index in [4.69, 9.17) is 13.6 Å². The average molecular weight is 621 g/mol. The first-order valence-corrected chi connectivity index (χ1v) is 15.7. The number of fused-ring (bicyclic) bond motifs is 1. The second-order valence-corrected chi connectivity index (χ2v) is 13.6. The van der Waals surface area contributed by atoms with Crippen molar-refractivity contribution < 1.29 is 22.7 Å². The molecule has 0 radical (unpaired) electrons. The summed E-state index contributed by atoms with van der Waals surface area (Å²) in [5.74, 6) is 0.256. The molecule has 0 bridgehead atoms. The van der Waals surface area contributed by atoms with Gasteiger partial charge in [-0.05, 0) is 58.9 Å². The van der Waals surface area contributed by atoms with Gasteiger partial charge < -0.3 is 23.5 Å². The van der Waals surface area contributed by atoms with Crippen LogP contribution in [0.5, 0.6) is 0 Å². The molecule has 10 nitrogen and oxygen atoms in total. The summed E-state index contributed by atoms with van der Waals surface area (Å²) in [6.45, 7) is 9.87. The molecule has 2 aromatic heterocycles. The number of benzene rings is 1. The number of nitrogens with zero attached hydrogens (tertiary/aromatic N) is 4. The zero-order valence-electron chi connectivity index (χ0n) is 19.9. The van der Waals surface area contributed by atoms with Crippen LogP contribution >= 0.6 is 37.6 Å². The van der Waals surface area contributed by atoms with Crippen molar-refractivity contribution in [1.29, 1.82) is 0 Å². The van der Waals surface area contributed by atoms with Crippen LogP contribution in [0.25, 0.3) is 11.2 Å². The molecular formula is C21H30IN5O5P2. The third kappa shape index (κ3) is 6.25. The van der Waals surface area contributed by atoms with Gasteiger partial charge in [-0.1, -0.05) is 0 Å². The van der Waals surface area contributed by atoms with Crippen molar-refractivity contribution in [3.63, 3.8) is 0 Å². The number of nitrogens with one attached hydrogen (secondary N) is 1. The Balaban J connectivity index is 1.90. The Morgan fingerprint density at radius 1 is 1.00 bits per heavy atom. The summed E-state index contributed by atoms with van der Waals surface area (Å²) < 4.78 is 45.7. The lowest BCUT2D eigenvalue weighted by molar-refractivity contribution is 0.222. The van der Waals surface area contributed by atoms with E-state index in [1.54, 1.807) is 51.4 Å². The van der Waals surface area contributed by atoms with Crippen molar-refractivity contribution in [2.45, 2.75) is 40.7 Å². The van der Waals surface area contributed by atoms with Gasteiger partial charge >= 0.3 is 7.60 Å². The maximum Gasteiger partial charge on any atom is 0.340 e. The van der Waals surface area contributed by atoms with Gasteiger partial charge in [0.05, 0.1) is 26.1 Å². The van der Waals surface area contributed by atoms with Gasteiger partial charge in [-0.2, -0.15) is 0 Å². The molecule has 0 fully saturated rings. The van der Waals surface area contributed by atoms with Gasteiger partial charge in [0.2, 0.25) is 7.37 Å². The van der Waals surface area contributed by atoms with Crippen LogP contribution < -0.4 is 10.6 Å². The average Bonchev–Trinajstić information content (AvgIpc) is 3.18. The van der Waals surface area contributed by atoms with Gasteiger partial charge in [0, 0.05) is 39.6 Å². The molecule has 0 aliphatic heterocycles. The third-order valence-electron chi connectivity index (χ3n) is 4.82. The molecule has 13 heteroatoms. The maximum absolute atomic E-state index is 13.7. The van der Waals surface area contributed by atoms with Crippen LogP contribution in [0.1, 0.15) is 40.7 Å². The Kier molecular flexibility index (Phi) is 9.28. The molecule has 0 saturated carbocycles. The summed E-state index contributed by atoms with van der Waals surface area (Å²) in [6, 6.07) is 7.13. The maximum atomic E-state index is 13.7. The SMILES string of the molecule is CCOP(=O)(CP(=O)(OCC)c1ccc(Nc2nc(I)nc3c2ncn3C(C)C)cc1)OCC. The number of anilines is 2. The van der Waals surface area contributed by atoms with Crippen molar-refractivity contribution >= 4 is 65.5 Å². The Labute approximate surface area is 213 Å². The van der Waals surface area contributed by atoms with E-state index in [0.717, 1.165) is 11.3 Å². The van der Waals surface area contributed by atoms with Gasteiger partial charge in [0.15, 0.2) is 20.8 Å². The van der Waals surface area contributed by atoms with Gasteiger partial charge in [0.25, 0.3) is 0 Å². The minimum Gasteiger partial charge on any atom is -0.338 e. The van der Waals surface area contributed by atoms with E-state index in [9.17, 15) is 9.13 Å². The highest BCUT2D eigenvalue weighted by molar-refractivity contribution is 14.1. The van der Waals surface area contributed by atoms with E-state index >= 15 is 0 Å². The van der Waals surface area contributed by atoms with Crippen molar-refractivity contribution in [1.82, 2.24) is 19.5 Å². The van der Waals surface area contributed by atoms with Crippen LogP contribution in [0.2, 0.25) is 0 Å². The molecule has 3 aromatic rings. The van der Waals surface area contributed by atoms with Gasteiger partial charge in [-0.25, -0.2) is 15.0 Å². The summed E-state index contributed by atoms with van der Waals surface area (Å²) >= 11 is 2.08. The van der Waals surface area contributed by atoms with Crippen LogP contribution in [0, 0.1) is 3.83 Å². The first-order valence-electron chi connectivity index (χ1n) is 11.0. The second-order valence-electron chi connectivity index (χ2n) is 7.61. The standard InChI is InChI=1S/C21H30IN5O5P2/c1-6-30-33(28,14-34(29,31-7-2)32-8-3)17-11-9-16(10-12-17)24-19-18-20(26-21(22)25-19)27(13-23-18)15(4)5/h9-13,15H,6-8,14H2,1-5H3,(H,24,25,26). The minimum atomic E-state index is -3.57. The van der Waals surface area contributed by atoms with Gasteiger partial charge in [-0.15, -0.1) is 0 Å². The number of hydrogen-bond donors (Lipinski definition) is 1. The van der Waals surface area contributed by atoms with E-state index in [2.05, 4.69) is 56.7 Å². The zero-order chi connectivity index (χ0) is 24.9. The van der Waals surface area contributed by atoms with Crippen LogP contribution in [-0.4, -0.2) is 45.2 Å². The number of rotatable bonds is 12. The molecule has 1 N–H and O–H groups in total. The Bertz CT molecular complexity index is 1210. The number of hydrogen-bond acceptors (Lipinski definition) is 9. The smallest absolute Gasteiger partial charge is 0.338 e. The molecule has 0 amide bonds. The molecule has 1 atom stereocenters. The molecule has 0 aliphatic rings. The highest BCUT2D eigenvalue weighted by Gasteiger charge is 2.38. The van der Waals surface area contributed by atoms with Crippen LogP contribution in [0.4, 0.5) is 11.5 Å². The van der Waals surface area contributed by atoms with Crippen LogP contribution in [0.15, 0.2) is 30.6 Å².